The molecule has 2 saturated carbocycles. The van der Waals surface area contributed by atoms with E-state index in [1.54, 1.807) is 0 Å². The Kier molecular flexibility index (Phi) is 4.33. The second kappa shape index (κ2) is 6.09. The van der Waals surface area contributed by atoms with Gasteiger partial charge in [-0.3, -0.25) is 4.79 Å². The van der Waals surface area contributed by atoms with E-state index in [4.69, 9.17) is 5.11 Å². The van der Waals surface area contributed by atoms with E-state index in [-0.39, 0.29) is 11.9 Å². The summed E-state index contributed by atoms with van der Waals surface area (Å²) >= 11 is 0. The van der Waals surface area contributed by atoms with E-state index >= 15 is 0 Å². The van der Waals surface area contributed by atoms with Gasteiger partial charge in [0.15, 0.2) is 0 Å². The van der Waals surface area contributed by atoms with Crippen molar-refractivity contribution in [3.05, 3.63) is 0 Å². The van der Waals surface area contributed by atoms with Crippen molar-refractivity contribution in [2.24, 2.45) is 11.3 Å². The summed E-state index contributed by atoms with van der Waals surface area (Å²) in [5.74, 6) is -0.786. The molecule has 2 amide bonds. The summed E-state index contributed by atoms with van der Waals surface area (Å²) in [7, 11) is 0. The first-order chi connectivity index (χ1) is 10.5. The summed E-state index contributed by atoms with van der Waals surface area (Å²) in [5.41, 5.74) is 0.317. The Labute approximate surface area is 132 Å². The maximum atomic E-state index is 12.4. The fourth-order valence-corrected chi connectivity index (χ4v) is 4.63. The average Bonchev–Trinajstić information content (AvgIpc) is 2.46. The first-order valence-corrected chi connectivity index (χ1v) is 8.79. The molecule has 3 rings (SSSR count). The van der Waals surface area contributed by atoms with Gasteiger partial charge in [-0.05, 0) is 70.1 Å². The average molecular weight is 308 g/mol. The lowest BCUT2D eigenvalue weighted by Gasteiger charge is -2.51. The molecule has 3 fully saturated rings. The van der Waals surface area contributed by atoms with E-state index in [1.807, 2.05) is 4.90 Å². The van der Waals surface area contributed by atoms with Crippen molar-refractivity contribution >= 4 is 12.0 Å². The zero-order valence-corrected chi connectivity index (χ0v) is 13.5. The number of rotatable bonds is 2. The number of carbonyl (C=O) groups excluding carboxylic acids is 1. The predicted molar refractivity (Wildman–Crippen MR) is 83.6 cm³/mol. The lowest BCUT2D eigenvalue weighted by Crippen LogP contribution is -2.56. The number of carboxylic acid groups (broad SMARTS) is 1. The van der Waals surface area contributed by atoms with Gasteiger partial charge in [-0.1, -0.05) is 0 Å². The quantitative estimate of drug-likeness (QED) is 0.824. The molecule has 1 unspecified atom stereocenters. The number of aliphatic carboxylic acids is 1. The topological polar surface area (TPSA) is 69.6 Å². The van der Waals surface area contributed by atoms with Gasteiger partial charge in [0.25, 0.3) is 0 Å². The number of hydrogen-bond acceptors (Lipinski definition) is 2. The van der Waals surface area contributed by atoms with E-state index in [2.05, 4.69) is 12.2 Å². The van der Waals surface area contributed by atoms with Crippen LogP contribution in [0.15, 0.2) is 0 Å². The second-order valence-corrected chi connectivity index (χ2v) is 7.71. The van der Waals surface area contributed by atoms with Crippen LogP contribution in [0.3, 0.4) is 0 Å². The summed E-state index contributed by atoms with van der Waals surface area (Å²) in [6.07, 6.45) is 9.15. The number of hydrogen-bond donors (Lipinski definition) is 2. The van der Waals surface area contributed by atoms with Crippen LogP contribution < -0.4 is 5.32 Å². The molecule has 0 aromatic heterocycles. The number of nitrogens with one attached hydrogen (secondary N) is 1. The lowest BCUT2D eigenvalue weighted by atomic mass is 9.57. The van der Waals surface area contributed by atoms with Crippen molar-refractivity contribution < 1.29 is 14.7 Å². The smallest absolute Gasteiger partial charge is 0.317 e. The number of carbonyl (C=O) groups is 2. The maximum Gasteiger partial charge on any atom is 0.317 e. The highest BCUT2D eigenvalue weighted by molar-refractivity contribution is 5.75. The van der Waals surface area contributed by atoms with Crippen molar-refractivity contribution in [1.29, 1.82) is 0 Å². The third kappa shape index (κ3) is 3.08. The Morgan fingerprint density at radius 1 is 1.14 bits per heavy atom. The van der Waals surface area contributed by atoms with Gasteiger partial charge in [-0.2, -0.15) is 0 Å². The molecule has 124 valence electrons. The summed E-state index contributed by atoms with van der Waals surface area (Å²) in [5, 5.41) is 12.3. The molecule has 1 aliphatic heterocycles. The molecule has 1 heterocycles. The number of carboxylic acids is 1. The van der Waals surface area contributed by atoms with Gasteiger partial charge in [-0.15, -0.1) is 0 Å². The van der Waals surface area contributed by atoms with Crippen molar-refractivity contribution in [2.45, 2.75) is 76.8 Å². The van der Waals surface area contributed by atoms with Gasteiger partial charge >= 0.3 is 12.0 Å². The van der Waals surface area contributed by atoms with E-state index in [1.165, 1.54) is 6.42 Å². The van der Waals surface area contributed by atoms with E-state index in [0.29, 0.717) is 17.5 Å². The van der Waals surface area contributed by atoms with Gasteiger partial charge in [0.2, 0.25) is 0 Å². The molecule has 2 N–H and O–H groups in total. The summed E-state index contributed by atoms with van der Waals surface area (Å²) < 4.78 is 0. The van der Waals surface area contributed by atoms with Gasteiger partial charge in [0.1, 0.15) is 0 Å². The molecular weight excluding hydrogens is 280 g/mol. The standard InChI is InChI=1S/C17H28N2O3/c1-12-4-2-3-9-19(12)16(22)18-14-10-17(11-14)7-5-13(6-8-17)15(20)21/h12-14H,2-11H2,1H3,(H,18,22)(H,20,21). The second-order valence-electron chi connectivity index (χ2n) is 7.71. The minimum Gasteiger partial charge on any atom is -0.481 e. The molecule has 5 heteroatoms. The lowest BCUT2D eigenvalue weighted by molar-refractivity contribution is -0.144. The third-order valence-corrected chi connectivity index (χ3v) is 6.15. The normalized spacial score (nSPS) is 38.4. The molecule has 1 saturated heterocycles. The molecule has 0 bridgehead atoms. The van der Waals surface area contributed by atoms with E-state index in [9.17, 15) is 9.59 Å². The van der Waals surface area contributed by atoms with Crippen LogP contribution in [0.25, 0.3) is 0 Å². The first-order valence-electron chi connectivity index (χ1n) is 8.79. The third-order valence-electron chi connectivity index (χ3n) is 6.15. The predicted octanol–water partition coefficient (Wildman–Crippen LogP) is 2.99. The van der Waals surface area contributed by atoms with Gasteiger partial charge < -0.3 is 15.3 Å². The zero-order valence-electron chi connectivity index (χ0n) is 13.5. The minimum absolute atomic E-state index is 0.103. The SMILES string of the molecule is CC1CCCCN1C(=O)NC1CC2(CCC(C(=O)O)CC2)C1. The summed E-state index contributed by atoms with van der Waals surface area (Å²) in [6.45, 7) is 3.01. The van der Waals surface area contributed by atoms with Gasteiger partial charge in [0, 0.05) is 18.6 Å². The molecular formula is C17H28N2O3. The molecule has 0 radical (unpaired) electrons. The van der Waals surface area contributed by atoms with Crippen molar-refractivity contribution in [1.82, 2.24) is 10.2 Å². The monoisotopic (exact) mass is 308 g/mol. The molecule has 5 nitrogen and oxygen atoms in total. The fourth-order valence-electron chi connectivity index (χ4n) is 4.63. The van der Waals surface area contributed by atoms with Crippen LogP contribution in [0.1, 0.15) is 64.7 Å². The highest BCUT2D eigenvalue weighted by atomic mass is 16.4. The number of likely N-dealkylation sites (tertiary alicyclic amines) is 1. The van der Waals surface area contributed by atoms with Gasteiger partial charge in [0.05, 0.1) is 5.92 Å². The van der Waals surface area contributed by atoms with Crippen LogP contribution in [0.4, 0.5) is 4.79 Å². The molecule has 3 aliphatic rings. The number of amides is 2. The fraction of sp³-hybridized carbons (Fsp3) is 0.882. The molecule has 2 aliphatic carbocycles. The van der Waals surface area contributed by atoms with Crippen LogP contribution in [-0.4, -0.2) is 40.6 Å². The highest BCUT2D eigenvalue weighted by Gasteiger charge is 2.47. The number of urea groups is 1. The minimum atomic E-state index is -0.641. The van der Waals surface area contributed by atoms with Crippen molar-refractivity contribution in [3.8, 4) is 0 Å². The molecule has 1 atom stereocenters. The Bertz CT molecular complexity index is 435. The molecule has 0 aromatic carbocycles. The number of piperidine rings is 1. The van der Waals surface area contributed by atoms with Crippen LogP contribution >= 0.6 is 0 Å². The van der Waals surface area contributed by atoms with Crippen LogP contribution in [-0.2, 0) is 4.79 Å². The Balaban J connectivity index is 1.44. The largest absolute Gasteiger partial charge is 0.481 e. The Hall–Kier alpha value is -1.26. The van der Waals surface area contributed by atoms with Gasteiger partial charge in [-0.25, -0.2) is 4.79 Å². The van der Waals surface area contributed by atoms with Crippen molar-refractivity contribution in [2.75, 3.05) is 6.54 Å². The van der Waals surface area contributed by atoms with E-state index in [0.717, 1.165) is 57.9 Å². The highest BCUT2D eigenvalue weighted by Crippen LogP contribution is 2.52. The molecule has 22 heavy (non-hydrogen) atoms. The first kappa shape index (κ1) is 15.6. The Morgan fingerprint density at radius 3 is 2.41 bits per heavy atom. The molecule has 0 aromatic rings. The number of nitrogens with zero attached hydrogens (tertiary/aromatic N) is 1. The van der Waals surface area contributed by atoms with Crippen LogP contribution in [0, 0.1) is 11.3 Å². The summed E-state index contributed by atoms with van der Waals surface area (Å²) in [6, 6.07) is 0.753. The van der Waals surface area contributed by atoms with Crippen molar-refractivity contribution in [3.63, 3.8) is 0 Å². The van der Waals surface area contributed by atoms with Crippen LogP contribution in [0.5, 0.6) is 0 Å². The Morgan fingerprint density at radius 2 is 1.82 bits per heavy atom. The summed E-state index contributed by atoms with van der Waals surface area (Å²) in [4.78, 5) is 25.4. The van der Waals surface area contributed by atoms with E-state index < -0.39 is 5.97 Å². The van der Waals surface area contributed by atoms with Crippen LogP contribution in [0.2, 0.25) is 0 Å². The zero-order chi connectivity index (χ0) is 15.7. The maximum absolute atomic E-state index is 12.4. The molecule has 1 spiro atoms.